The predicted molar refractivity (Wildman–Crippen MR) is 113 cm³/mol. The van der Waals surface area contributed by atoms with E-state index in [-0.39, 0.29) is 24.0 Å². The van der Waals surface area contributed by atoms with E-state index >= 15 is 0 Å². The summed E-state index contributed by atoms with van der Waals surface area (Å²) in [4.78, 5) is 4.20. The normalized spacial score (nSPS) is 15.7. The minimum atomic E-state index is -3.09. The summed E-state index contributed by atoms with van der Waals surface area (Å²) in [6.45, 7) is 4.49. The van der Waals surface area contributed by atoms with Crippen molar-refractivity contribution in [2.24, 2.45) is 4.99 Å². The molecule has 0 aromatic carbocycles. The quantitative estimate of drug-likeness (QED) is 0.178. The molecule has 0 aromatic rings. The van der Waals surface area contributed by atoms with Crippen molar-refractivity contribution in [1.29, 1.82) is 0 Å². The first-order chi connectivity index (χ1) is 11.0. The smallest absolute Gasteiger partial charge is 0.211 e. The van der Waals surface area contributed by atoms with Gasteiger partial charge in [-0.1, -0.05) is 18.6 Å². The van der Waals surface area contributed by atoms with Crippen molar-refractivity contribution in [3.8, 4) is 0 Å². The molecule has 8 heteroatoms. The van der Waals surface area contributed by atoms with Gasteiger partial charge in [-0.15, -0.1) is 24.0 Å². The fourth-order valence-electron chi connectivity index (χ4n) is 2.71. The highest BCUT2D eigenvalue weighted by Gasteiger charge is 2.13. The maximum Gasteiger partial charge on any atom is 0.211 e. The molecule has 2 N–H and O–H groups in total. The number of hydrogen-bond acceptors (Lipinski definition) is 3. The molecule has 0 heterocycles. The van der Waals surface area contributed by atoms with E-state index in [9.17, 15) is 8.42 Å². The molecule has 1 aliphatic rings. The maximum absolute atomic E-state index is 11.5. The second-order valence-electron chi connectivity index (χ2n) is 5.89. The fourth-order valence-corrected chi connectivity index (χ4v) is 3.64. The second kappa shape index (κ2) is 12.9. The molecular weight excluding hydrogens is 439 g/mol. The van der Waals surface area contributed by atoms with E-state index in [0.29, 0.717) is 19.6 Å². The summed E-state index contributed by atoms with van der Waals surface area (Å²) < 4.78 is 24.5. The summed E-state index contributed by atoms with van der Waals surface area (Å²) in [6.07, 6.45) is 10.5. The molecule has 6 nitrogen and oxygen atoms in total. The Bertz CT molecular complexity index is 506. The van der Waals surface area contributed by atoms with Crippen LogP contribution in [0.1, 0.15) is 45.4 Å². The van der Waals surface area contributed by atoms with Crippen molar-refractivity contribution < 1.29 is 8.42 Å². The van der Waals surface area contributed by atoms with Gasteiger partial charge in [0.1, 0.15) is 0 Å². The molecule has 1 rings (SSSR count). The molecule has 0 aromatic heterocycles. The van der Waals surface area contributed by atoms with Gasteiger partial charge >= 0.3 is 0 Å². The van der Waals surface area contributed by atoms with E-state index in [1.54, 1.807) is 12.6 Å². The molecule has 24 heavy (non-hydrogen) atoms. The van der Waals surface area contributed by atoms with Crippen LogP contribution in [0, 0.1) is 0 Å². The summed E-state index contributed by atoms with van der Waals surface area (Å²) in [6, 6.07) is 0. The van der Waals surface area contributed by atoms with E-state index in [0.717, 1.165) is 25.3 Å². The number of aliphatic imine (C=N–C) groups is 1. The van der Waals surface area contributed by atoms with Crippen molar-refractivity contribution in [2.75, 3.05) is 39.5 Å². The lowest BCUT2D eigenvalue weighted by Gasteiger charge is -2.18. The Morgan fingerprint density at radius 3 is 2.54 bits per heavy atom. The summed E-state index contributed by atoms with van der Waals surface area (Å²) >= 11 is 0. The lowest BCUT2D eigenvalue weighted by Crippen LogP contribution is -2.39. The standard InChI is InChI=1S/C16H32N4O2S.HI/c1-4-20(23(3,21)22)14-8-12-18-16(17-2)19-13-11-15-9-6-5-7-10-15;/h9H,4-8,10-14H2,1-3H3,(H2,17,18,19);1H. The van der Waals surface area contributed by atoms with Gasteiger partial charge in [-0.25, -0.2) is 12.7 Å². The van der Waals surface area contributed by atoms with Gasteiger partial charge in [0, 0.05) is 33.2 Å². The third kappa shape index (κ3) is 9.83. The highest BCUT2D eigenvalue weighted by molar-refractivity contribution is 14.0. The first kappa shape index (κ1) is 23.6. The average Bonchev–Trinajstić information content (AvgIpc) is 2.52. The molecule has 0 radical (unpaired) electrons. The monoisotopic (exact) mass is 472 g/mol. The highest BCUT2D eigenvalue weighted by atomic mass is 127. The van der Waals surface area contributed by atoms with Crippen LogP contribution in [0.25, 0.3) is 0 Å². The minimum absolute atomic E-state index is 0. The molecule has 0 atom stereocenters. The molecule has 0 saturated carbocycles. The van der Waals surface area contributed by atoms with Gasteiger partial charge in [0.25, 0.3) is 0 Å². The number of halogens is 1. The molecule has 0 amide bonds. The van der Waals surface area contributed by atoms with Gasteiger partial charge in [0.05, 0.1) is 6.26 Å². The average molecular weight is 472 g/mol. The number of allylic oxidation sites excluding steroid dienone is 1. The second-order valence-corrected chi connectivity index (χ2v) is 7.87. The third-order valence-corrected chi connectivity index (χ3v) is 5.42. The number of rotatable bonds is 9. The zero-order chi connectivity index (χ0) is 17.1. The molecule has 1 aliphatic carbocycles. The van der Waals surface area contributed by atoms with Crippen LogP contribution in [0.2, 0.25) is 0 Å². The zero-order valence-corrected chi connectivity index (χ0v) is 18.3. The number of sulfonamides is 1. The zero-order valence-electron chi connectivity index (χ0n) is 15.2. The van der Waals surface area contributed by atoms with Crippen LogP contribution < -0.4 is 10.6 Å². The summed E-state index contributed by atoms with van der Waals surface area (Å²) in [5, 5.41) is 6.55. The van der Waals surface area contributed by atoms with E-state index in [4.69, 9.17) is 0 Å². The first-order valence-corrected chi connectivity index (χ1v) is 10.4. The topological polar surface area (TPSA) is 73.8 Å². The summed E-state index contributed by atoms with van der Waals surface area (Å²) in [7, 11) is -1.34. The minimum Gasteiger partial charge on any atom is -0.356 e. The Hall–Kier alpha value is -0.350. The summed E-state index contributed by atoms with van der Waals surface area (Å²) in [5.74, 6) is 0.781. The Kier molecular flexibility index (Phi) is 12.7. The van der Waals surface area contributed by atoms with Crippen LogP contribution >= 0.6 is 24.0 Å². The number of guanidine groups is 1. The molecule has 0 saturated heterocycles. The molecule has 0 bridgehead atoms. The van der Waals surface area contributed by atoms with Crippen LogP contribution in [0.4, 0.5) is 0 Å². The molecule has 0 spiro atoms. The SMILES string of the molecule is CCN(CCCNC(=NC)NCCC1=CCCCC1)S(C)(=O)=O.I. The van der Waals surface area contributed by atoms with Crippen molar-refractivity contribution in [2.45, 2.75) is 45.4 Å². The molecular formula is C16H33IN4O2S. The highest BCUT2D eigenvalue weighted by Crippen LogP contribution is 2.19. The largest absolute Gasteiger partial charge is 0.356 e. The Morgan fingerprint density at radius 1 is 1.29 bits per heavy atom. The van der Waals surface area contributed by atoms with Crippen molar-refractivity contribution in [3.05, 3.63) is 11.6 Å². The molecule has 142 valence electrons. The first-order valence-electron chi connectivity index (χ1n) is 8.55. The molecule has 0 unspecified atom stereocenters. The fraction of sp³-hybridized carbons (Fsp3) is 0.812. The predicted octanol–water partition coefficient (Wildman–Crippen LogP) is 2.33. The Labute approximate surface area is 164 Å². The third-order valence-electron chi connectivity index (χ3n) is 4.05. The van der Waals surface area contributed by atoms with E-state index in [2.05, 4.69) is 21.7 Å². The number of hydrogen-bond donors (Lipinski definition) is 2. The lowest BCUT2D eigenvalue weighted by atomic mass is 9.97. The van der Waals surface area contributed by atoms with Gasteiger partial charge in [0.15, 0.2) is 5.96 Å². The van der Waals surface area contributed by atoms with Crippen LogP contribution in [-0.4, -0.2) is 58.2 Å². The Morgan fingerprint density at radius 2 is 2.00 bits per heavy atom. The number of nitrogens with zero attached hydrogens (tertiary/aromatic N) is 2. The maximum atomic E-state index is 11.5. The Balaban J connectivity index is 0.00000529. The van der Waals surface area contributed by atoms with Gasteiger partial charge in [0.2, 0.25) is 10.0 Å². The van der Waals surface area contributed by atoms with Gasteiger partial charge in [-0.05, 0) is 38.5 Å². The van der Waals surface area contributed by atoms with Crippen molar-refractivity contribution in [3.63, 3.8) is 0 Å². The van der Waals surface area contributed by atoms with Gasteiger partial charge < -0.3 is 10.6 Å². The summed E-state index contributed by atoms with van der Waals surface area (Å²) in [5.41, 5.74) is 1.55. The van der Waals surface area contributed by atoms with E-state index < -0.39 is 10.0 Å². The lowest BCUT2D eigenvalue weighted by molar-refractivity contribution is 0.424. The van der Waals surface area contributed by atoms with Crippen LogP contribution in [0.5, 0.6) is 0 Å². The molecule has 0 aliphatic heterocycles. The van der Waals surface area contributed by atoms with Crippen LogP contribution in [0.3, 0.4) is 0 Å². The molecule has 0 fully saturated rings. The van der Waals surface area contributed by atoms with Gasteiger partial charge in [-0.2, -0.15) is 0 Å². The van der Waals surface area contributed by atoms with Gasteiger partial charge in [-0.3, -0.25) is 4.99 Å². The van der Waals surface area contributed by atoms with E-state index in [1.165, 1.54) is 36.2 Å². The number of nitrogens with one attached hydrogen (secondary N) is 2. The van der Waals surface area contributed by atoms with E-state index in [1.807, 2.05) is 6.92 Å². The van der Waals surface area contributed by atoms with Crippen LogP contribution in [-0.2, 0) is 10.0 Å². The van der Waals surface area contributed by atoms with Crippen LogP contribution in [0.15, 0.2) is 16.6 Å². The van der Waals surface area contributed by atoms with Crippen molar-refractivity contribution in [1.82, 2.24) is 14.9 Å². The van der Waals surface area contributed by atoms with Crippen molar-refractivity contribution >= 4 is 40.0 Å².